The molecule has 0 unspecified atom stereocenters. The summed E-state index contributed by atoms with van der Waals surface area (Å²) in [6.07, 6.45) is 4.82. The molecular formula is C33H46N6O3. The zero-order valence-electron chi connectivity index (χ0n) is 25.8. The number of rotatable bonds is 11. The summed E-state index contributed by atoms with van der Waals surface area (Å²) in [7, 11) is 2.18. The van der Waals surface area contributed by atoms with Crippen LogP contribution in [0.1, 0.15) is 62.2 Å². The lowest BCUT2D eigenvalue weighted by Gasteiger charge is -2.32. The zero-order chi connectivity index (χ0) is 30.6. The van der Waals surface area contributed by atoms with E-state index in [1.54, 1.807) is 0 Å². The topological polar surface area (TPSA) is 105 Å². The normalized spacial score (nSPS) is 14.0. The van der Waals surface area contributed by atoms with Gasteiger partial charge in [-0.05, 0) is 56.0 Å². The summed E-state index contributed by atoms with van der Waals surface area (Å²) in [5.74, 6) is 1.19. The first kappa shape index (κ1) is 32.8. The lowest BCUT2D eigenvalue weighted by molar-refractivity contribution is -0.122. The second-order valence-electron chi connectivity index (χ2n) is 11.9. The Morgan fingerprint density at radius 2 is 1.62 bits per heavy atom. The largest absolute Gasteiger partial charge is 0.483 e. The van der Waals surface area contributed by atoms with E-state index in [0.717, 1.165) is 87.7 Å². The van der Waals surface area contributed by atoms with Crippen LogP contribution in [0, 0.1) is 23.2 Å². The van der Waals surface area contributed by atoms with Gasteiger partial charge in [-0.1, -0.05) is 39.8 Å². The molecule has 9 heteroatoms. The third-order valence-corrected chi connectivity index (χ3v) is 7.75. The number of imidazole rings is 1. The number of hydrogen-bond donors (Lipinski definition) is 1. The van der Waals surface area contributed by atoms with E-state index in [9.17, 15) is 10.1 Å². The number of fused-ring (bicyclic) bond motifs is 1. The number of pyridine rings is 1. The Bertz CT molecular complexity index is 1320. The van der Waals surface area contributed by atoms with E-state index >= 15 is 0 Å². The molecule has 2 aromatic heterocycles. The molecule has 226 valence electrons. The first-order valence-corrected chi connectivity index (χ1v) is 15.0. The maximum atomic E-state index is 13.8. The van der Waals surface area contributed by atoms with Crippen molar-refractivity contribution in [1.29, 1.82) is 5.26 Å². The molecule has 1 aromatic carbocycles. The molecule has 0 spiro atoms. The minimum Gasteiger partial charge on any atom is -0.483 e. The first-order chi connectivity index (χ1) is 20.2. The molecule has 1 N–H and O–H groups in total. The second-order valence-corrected chi connectivity index (χ2v) is 11.9. The van der Waals surface area contributed by atoms with E-state index in [1.807, 2.05) is 47.5 Å². The summed E-state index contributed by atoms with van der Waals surface area (Å²) in [6, 6.07) is 13.8. The number of carbonyl (C=O) groups is 2. The molecule has 3 heterocycles. The van der Waals surface area contributed by atoms with Crippen molar-refractivity contribution in [3.8, 4) is 17.3 Å². The quantitative estimate of drug-likeness (QED) is 0.325. The minimum atomic E-state index is -0.250. The van der Waals surface area contributed by atoms with Gasteiger partial charge in [0, 0.05) is 64.0 Å². The molecule has 4 rings (SSSR count). The summed E-state index contributed by atoms with van der Waals surface area (Å²) in [6.45, 7) is 15.4. The molecule has 0 saturated carbocycles. The highest BCUT2D eigenvalue weighted by molar-refractivity contribution is 5.94. The Hall–Kier alpha value is -3.74. The van der Waals surface area contributed by atoms with Crippen LogP contribution in [0.4, 0.5) is 0 Å². The van der Waals surface area contributed by atoms with Gasteiger partial charge >= 0.3 is 0 Å². The van der Waals surface area contributed by atoms with Crippen molar-refractivity contribution < 1.29 is 14.7 Å². The van der Waals surface area contributed by atoms with Gasteiger partial charge in [-0.2, -0.15) is 5.26 Å². The van der Waals surface area contributed by atoms with Crippen molar-refractivity contribution in [3.05, 3.63) is 59.4 Å². The van der Waals surface area contributed by atoms with Crippen LogP contribution in [0.3, 0.4) is 0 Å². The van der Waals surface area contributed by atoms with E-state index < -0.39 is 0 Å². The smallest absolute Gasteiger partial charge is 0.290 e. The highest BCUT2D eigenvalue weighted by Gasteiger charge is 2.21. The van der Waals surface area contributed by atoms with Crippen molar-refractivity contribution in [2.45, 2.75) is 47.0 Å². The van der Waals surface area contributed by atoms with Crippen LogP contribution in [0.2, 0.25) is 0 Å². The number of carboxylic acid groups (broad SMARTS) is 1. The number of amides is 1. The number of benzene rings is 1. The summed E-state index contributed by atoms with van der Waals surface area (Å²) in [5.41, 5.74) is 5.22. The van der Waals surface area contributed by atoms with Crippen LogP contribution < -0.4 is 0 Å². The molecule has 0 radical (unpaired) electrons. The van der Waals surface area contributed by atoms with E-state index in [4.69, 9.17) is 14.9 Å². The van der Waals surface area contributed by atoms with Gasteiger partial charge in [-0.3, -0.25) is 9.59 Å². The van der Waals surface area contributed by atoms with Gasteiger partial charge in [-0.15, -0.1) is 0 Å². The first-order valence-electron chi connectivity index (χ1n) is 15.0. The lowest BCUT2D eigenvalue weighted by Crippen LogP contribution is -2.45. The molecule has 0 bridgehead atoms. The predicted molar refractivity (Wildman–Crippen MR) is 166 cm³/mol. The maximum Gasteiger partial charge on any atom is 0.290 e. The molecular weight excluding hydrogens is 528 g/mol. The standard InChI is InChI=1S/C32H44N6O.CH2O2/c1-24(2)12-16-37(17-13-25(3)4)32(39)28-10-11-30-34-31(27-8-6-26(22-33)7-9-27)29(38(30)23-28)14-15-36-20-18-35(5)19-21-36;2-1-3/h6-11,23-25H,12-21H2,1-5H3;1H,(H,2,3). The van der Waals surface area contributed by atoms with E-state index in [2.05, 4.69) is 55.0 Å². The Labute approximate surface area is 250 Å². The van der Waals surface area contributed by atoms with Crippen molar-refractivity contribution in [3.63, 3.8) is 0 Å². The molecule has 1 aliphatic rings. The fraction of sp³-hybridized carbons (Fsp3) is 0.515. The average molecular weight is 575 g/mol. The van der Waals surface area contributed by atoms with Crippen molar-refractivity contribution in [1.82, 2.24) is 24.1 Å². The lowest BCUT2D eigenvalue weighted by atomic mass is 10.1. The third kappa shape index (κ3) is 9.13. The van der Waals surface area contributed by atoms with Gasteiger partial charge in [0.05, 0.1) is 28.6 Å². The molecule has 1 amide bonds. The molecule has 3 aromatic rings. The molecule has 1 fully saturated rings. The molecule has 42 heavy (non-hydrogen) atoms. The highest BCUT2D eigenvalue weighted by atomic mass is 16.3. The van der Waals surface area contributed by atoms with E-state index in [0.29, 0.717) is 23.0 Å². The van der Waals surface area contributed by atoms with Crippen LogP contribution in [0.5, 0.6) is 0 Å². The van der Waals surface area contributed by atoms with E-state index in [-0.39, 0.29) is 12.4 Å². The van der Waals surface area contributed by atoms with Crippen LogP contribution in [-0.2, 0) is 11.2 Å². The van der Waals surface area contributed by atoms with E-state index in [1.165, 1.54) is 0 Å². The van der Waals surface area contributed by atoms with Crippen molar-refractivity contribution in [2.75, 3.05) is 52.9 Å². The average Bonchev–Trinajstić information content (AvgIpc) is 3.34. The molecule has 9 nitrogen and oxygen atoms in total. The maximum absolute atomic E-state index is 13.8. The van der Waals surface area contributed by atoms with Crippen LogP contribution in [-0.4, -0.2) is 94.4 Å². The summed E-state index contributed by atoms with van der Waals surface area (Å²) < 4.78 is 2.12. The highest BCUT2D eigenvalue weighted by Crippen LogP contribution is 2.27. The van der Waals surface area contributed by atoms with Crippen LogP contribution in [0.25, 0.3) is 16.9 Å². The second kappa shape index (κ2) is 16.0. The zero-order valence-corrected chi connectivity index (χ0v) is 25.8. The third-order valence-electron chi connectivity index (χ3n) is 7.75. The molecule has 0 atom stereocenters. The number of likely N-dealkylation sites (N-methyl/N-ethyl adjacent to an activating group) is 1. The van der Waals surface area contributed by atoms with Crippen molar-refractivity contribution >= 4 is 18.0 Å². The minimum absolute atomic E-state index is 0.0943. The van der Waals surface area contributed by atoms with Gasteiger partial charge in [0.2, 0.25) is 0 Å². The fourth-order valence-corrected chi connectivity index (χ4v) is 5.05. The van der Waals surface area contributed by atoms with Gasteiger partial charge in [0.25, 0.3) is 12.4 Å². The Morgan fingerprint density at radius 1 is 1.02 bits per heavy atom. The number of hydrogen-bond acceptors (Lipinski definition) is 6. The van der Waals surface area contributed by atoms with Crippen LogP contribution >= 0.6 is 0 Å². The SMILES string of the molecule is CC(C)CCN(CCC(C)C)C(=O)c1ccc2nc(-c3ccc(C#N)cc3)c(CCN3CCN(C)CC3)n2c1.O=CO. The fourth-order valence-electron chi connectivity index (χ4n) is 5.05. The molecule has 0 aliphatic carbocycles. The van der Waals surface area contributed by atoms with Gasteiger partial charge in [0.1, 0.15) is 5.65 Å². The molecule has 1 saturated heterocycles. The van der Waals surface area contributed by atoms with Crippen molar-refractivity contribution in [2.24, 2.45) is 11.8 Å². The van der Waals surface area contributed by atoms with Crippen LogP contribution in [0.15, 0.2) is 42.6 Å². The van der Waals surface area contributed by atoms with Gasteiger partial charge < -0.3 is 24.2 Å². The Morgan fingerprint density at radius 3 is 2.17 bits per heavy atom. The molecule has 1 aliphatic heterocycles. The summed E-state index contributed by atoms with van der Waals surface area (Å²) in [4.78, 5) is 34.0. The Kier molecular flexibility index (Phi) is 12.5. The predicted octanol–water partition coefficient (Wildman–Crippen LogP) is 4.90. The number of piperazine rings is 1. The summed E-state index contributed by atoms with van der Waals surface area (Å²) >= 11 is 0. The van der Waals surface area contributed by atoms with Gasteiger partial charge in [-0.25, -0.2) is 4.98 Å². The van der Waals surface area contributed by atoms with Gasteiger partial charge in [0.15, 0.2) is 0 Å². The number of nitriles is 1. The number of carbonyl (C=O) groups excluding carboxylic acids is 1. The number of nitrogens with zero attached hydrogens (tertiary/aromatic N) is 6. The number of aromatic nitrogens is 2. The summed E-state index contributed by atoms with van der Waals surface area (Å²) in [5, 5.41) is 16.2. The monoisotopic (exact) mass is 574 g/mol. The Balaban J connectivity index is 0.00000155.